The van der Waals surface area contributed by atoms with E-state index in [1.165, 1.54) is 0 Å². The molecule has 1 saturated heterocycles. The number of rotatable bonds is 4. The van der Waals surface area contributed by atoms with E-state index in [0.29, 0.717) is 18.9 Å². The van der Waals surface area contributed by atoms with Crippen LogP contribution >= 0.6 is 24.8 Å². The van der Waals surface area contributed by atoms with Gasteiger partial charge in [-0.25, -0.2) is 0 Å². The Balaban J connectivity index is 0.00000162. The Morgan fingerprint density at radius 1 is 1.47 bits per heavy atom. The zero-order chi connectivity index (χ0) is 12.1. The lowest BCUT2D eigenvalue weighted by Crippen LogP contribution is -2.28. The van der Waals surface area contributed by atoms with Gasteiger partial charge in [0.05, 0.1) is 12.2 Å². The molecule has 0 aromatic carbocycles. The van der Waals surface area contributed by atoms with Crippen LogP contribution in [0.2, 0.25) is 0 Å². The Labute approximate surface area is 126 Å². The fourth-order valence-corrected chi connectivity index (χ4v) is 2.11. The van der Waals surface area contributed by atoms with Gasteiger partial charge in [-0.05, 0) is 37.6 Å². The molecule has 0 radical (unpaired) electrons. The number of hydrogen-bond donors (Lipinski definition) is 1. The molecule has 6 heteroatoms. The zero-order valence-corrected chi connectivity index (χ0v) is 12.7. The highest BCUT2D eigenvalue weighted by molar-refractivity contribution is 5.85. The van der Waals surface area contributed by atoms with Gasteiger partial charge in [-0.2, -0.15) is 0 Å². The molecule has 2 heterocycles. The van der Waals surface area contributed by atoms with Gasteiger partial charge in [0.15, 0.2) is 0 Å². The summed E-state index contributed by atoms with van der Waals surface area (Å²) in [6.07, 6.45) is 3.52. The summed E-state index contributed by atoms with van der Waals surface area (Å²) in [5, 5.41) is 3.28. The highest BCUT2D eigenvalue weighted by Crippen LogP contribution is 2.14. The Morgan fingerprint density at radius 3 is 2.84 bits per heavy atom. The normalized spacial score (nSPS) is 17.2. The summed E-state index contributed by atoms with van der Waals surface area (Å²) in [7, 11) is 1.85. The van der Waals surface area contributed by atoms with Gasteiger partial charge in [0.2, 0.25) is 5.91 Å². The number of halogens is 2. The Morgan fingerprint density at radius 2 is 2.26 bits per heavy atom. The number of carbonyl (C=O) groups excluding carboxylic acids is 1. The molecule has 1 aromatic heterocycles. The van der Waals surface area contributed by atoms with Crippen LogP contribution < -0.4 is 5.32 Å². The Bertz CT molecular complexity index is 369. The van der Waals surface area contributed by atoms with Crippen LogP contribution in [0.5, 0.6) is 0 Å². The maximum absolute atomic E-state index is 12.0. The van der Waals surface area contributed by atoms with Crippen LogP contribution in [-0.2, 0) is 11.3 Å². The summed E-state index contributed by atoms with van der Waals surface area (Å²) < 4.78 is 0. The SMILES string of the molecule is CN(Cc1ccccn1)C(=O)CC1CCNC1.Cl.Cl. The third-order valence-electron chi connectivity index (χ3n) is 3.18. The molecule has 1 N–H and O–H groups in total. The van der Waals surface area contributed by atoms with Crippen molar-refractivity contribution in [2.75, 3.05) is 20.1 Å². The van der Waals surface area contributed by atoms with E-state index in [1.807, 2.05) is 25.2 Å². The van der Waals surface area contributed by atoms with Crippen molar-refractivity contribution >= 4 is 30.7 Å². The number of amides is 1. The van der Waals surface area contributed by atoms with Gasteiger partial charge in [0.25, 0.3) is 0 Å². The quantitative estimate of drug-likeness (QED) is 0.924. The van der Waals surface area contributed by atoms with Crippen molar-refractivity contribution in [2.24, 2.45) is 5.92 Å². The molecular weight excluding hydrogens is 285 g/mol. The molecule has 1 amide bonds. The predicted octanol–water partition coefficient (Wildman–Crippen LogP) is 1.88. The maximum Gasteiger partial charge on any atom is 0.222 e. The van der Waals surface area contributed by atoms with Gasteiger partial charge in [-0.15, -0.1) is 24.8 Å². The van der Waals surface area contributed by atoms with E-state index >= 15 is 0 Å². The highest BCUT2D eigenvalue weighted by Gasteiger charge is 2.20. The third kappa shape index (κ3) is 5.76. The van der Waals surface area contributed by atoms with Gasteiger partial charge in [-0.1, -0.05) is 6.07 Å². The fraction of sp³-hybridized carbons (Fsp3) is 0.538. The van der Waals surface area contributed by atoms with Gasteiger partial charge in [0.1, 0.15) is 0 Å². The van der Waals surface area contributed by atoms with E-state index in [-0.39, 0.29) is 30.7 Å². The molecule has 0 bridgehead atoms. The number of nitrogens with zero attached hydrogens (tertiary/aromatic N) is 2. The zero-order valence-electron chi connectivity index (χ0n) is 11.0. The first kappa shape index (κ1) is 18.2. The molecular formula is C13H21Cl2N3O. The molecule has 108 valence electrons. The van der Waals surface area contributed by atoms with Crippen molar-refractivity contribution in [2.45, 2.75) is 19.4 Å². The summed E-state index contributed by atoms with van der Waals surface area (Å²) in [5.41, 5.74) is 0.938. The molecule has 0 aliphatic carbocycles. The van der Waals surface area contributed by atoms with Crippen LogP contribution in [0.4, 0.5) is 0 Å². The molecule has 1 atom stereocenters. The van der Waals surface area contributed by atoms with Crippen molar-refractivity contribution in [3.05, 3.63) is 30.1 Å². The standard InChI is InChI=1S/C13H19N3O.2ClH/c1-16(10-12-4-2-3-6-15-12)13(17)8-11-5-7-14-9-11;;/h2-4,6,11,14H,5,7-10H2,1H3;2*1H. The smallest absolute Gasteiger partial charge is 0.222 e. The molecule has 2 rings (SSSR count). The number of aromatic nitrogens is 1. The lowest BCUT2D eigenvalue weighted by molar-refractivity contribution is -0.131. The maximum atomic E-state index is 12.0. The molecule has 4 nitrogen and oxygen atoms in total. The summed E-state index contributed by atoms with van der Waals surface area (Å²) in [4.78, 5) is 18.0. The molecule has 1 aromatic rings. The average Bonchev–Trinajstić information content (AvgIpc) is 2.83. The number of pyridine rings is 1. The lowest BCUT2D eigenvalue weighted by atomic mass is 10.0. The number of carbonyl (C=O) groups is 1. The monoisotopic (exact) mass is 305 g/mol. The first-order valence-electron chi connectivity index (χ1n) is 6.10. The van der Waals surface area contributed by atoms with Crippen LogP contribution in [0.1, 0.15) is 18.5 Å². The van der Waals surface area contributed by atoms with Crippen molar-refractivity contribution in [3.8, 4) is 0 Å². The Hall–Kier alpha value is -0.840. The summed E-state index contributed by atoms with van der Waals surface area (Å²) >= 11 is 0. The van der Waals surface area contributed by atoms with Crippen molar-refractivity contribution in [3.63, 3.8) is 0 Å². The van der Waals surface area contributed by atoms with Crippen LogP contribution in [-0.4, -0.2) is 35.9 Å². The molecule has 0 saturated carbocycles. The van der Waals surface area contributed by atoms with Crippen molar-refractivity contribution in [1.29, 1.82) is 0 Å². The largest absolute Gasteiger partial charge is 0.340 e. The predicted molar refractivity (Wildman–Crippen MR) is 80.8 cm³/mol. The first-order chi connectivity index (χ1) is 8.25. The highest BCUT2D eigenvalue weighted by atomic mass is 35.5. The minimum absolute atomic E-state index is 0. The van der Waals surface area contributed by atoms with Crippen LogP contribution in [0.25, 0.3) is 0 Å². The summed E-state index contributed by atoms with van der Waals surface area (Å²) in [5.74, 6) is 0.720. The van der Waals surface area contributed by atoms with Gasteiger partial charge < -0.3 is 10.2 Å². The van der Waals surface area contributed by atoms with E-state index in [2.05, 4.69) is 10.3 Å². The van der Waals surface area contributed by atoms with Crippen LogP contribution in [0, 0.1) is 5.92 Å². The Kier molecular flexibility index (Phi) is 8.72. The second-order valence-electron chi connectivity index (χ2n) is 4.63. The molecule has 0 spiro atoms. The minimum Gasteiger partial charge on any atom is -0.340 e. The third-order valence-corrected chi connectivity index (χ3v) is 3.18. The van der Waals surface area contributed by atoms with Gasteiger partial charge >= 0.3 is 0 Å². The van der Waals surface area contributed by atoms with E-state index in [9.17, 15) is 4.79 Å². The molecule has 1 aliphatic rings. The van der Waals surface area contributed by atoms with Crippen molar-refractivity contribution in [1.82, 2.24) is 15.2 Å². The lowest BCUT2D eigenvalue weighted by Gasteiger charge is -2.18. The van der Waals surface area contributed by atoms with Gasteiger partial charge in [-0.3, -0.25) is 9.78 Å². The van der Waals surface area contributed by atoms with Crippen LogP contribution in [0.15, 0.2) is 24.4 Å². The number of nitrogens with one attached hydrogen (secondary N) is 1. The fourth-order valence-electron chi connectivity index (χ4n) is 2.11. The summed E-state index contributed by atoms with van der Waals surface area (Å²) in [6, 6.07) is 5.78. The van der Waals surface area contributed by atoms with Crippen LogP contribution in [0.3, 0.4) is 0 Å². The second-order valence-corrected chi connectivity index (χ2v) is 4.63. The molecule has 1 unspecified atom stereocenters. The molecule has 1 aliphatic heterocycles. The molecule has 1 fully saturated rings. The van der Waals surface area contributed by atoms with E-state index in [1.54, 1.807) is 11.1 Å². The van der Waals surface area contributed by atoms with E-state index in [4.69, 9.17) is 0 Å². The second kappa shape index (κ2) is 9.13. The summed E-state index contributed by atoms with van der Waals surface area (Å²) in [6.45, 7) is 2.62. The topological polar surface area (TPSA) is 45.2 Å². The first-order valence-corrected chi connectivity index (χ1v) is 6.10. The average molecular weight is 306 g/mol. The molecule has 19 heavy (non-hydrogen) atoms. The van der Waals surface area contributed by atoms with E-state index < -0.39 is 0 Å². The van der Waals surface area contributed by atoms with Crippen molar-refractivity contribution < 1.29 is 4.79 Å². The number of hydrogen-bond acceptors (Lipinski definition) is 3. The van der Waals surface area contributed by atoms with Gasteiger partial charge in [0, 0.05) is 19.7 Å². The minimum atomic E-state index is 0. The van der Waals surface area contributed by atoms with E-state index in [0.717, 1.165) is 25.2 Å².